The lowest BCUT2D eigenvalue weighted by Crippen LogP contribution is -2.37. The second-order valence-corrected chi connectivity index (χ2v) is 3.90. The molecule has 0 aliphatic heterocycles. The maximum absolute atomic E-state index is 11.7. The number of aromatic amines is 1. The van der Waals surface area contributed by atoms with E-state index in [0.29, 0.717) is 12.4 Å². The summed E-state index contributed by atoms with van der Waals surface area (Å²) >= 11 is 0. The van der Waals surface area contributed by atoms with Gasteiger partial charge in [0.1, 0.15) is 5.75 Å². The molecular formula is C12H14N4O2. The molecule has 1 aromatic heterocycles. The summed E-state index contributed by atoms with van der Waals surface area (Å²) in [5.74, 6) is 0.256. The van der Waals surface area contributed by atoms with Gasteiger partial charge in [-0.1, -0.05) is 12.1 Å². The Balaban J connectivity index is 1.93. The van der Waals surface area contributed by atoms with Crippen molar-refractivity contribution in [3.8, 4) is 5.75 Å². The fraction of sp³-hybridized carbons (Fsp3) is 0.167. The van der Waals surface area contributed by atoms with Crippen molar-refractivity contribution in [2.45, 2.75) is 12.5 Å². The Kier molecular flexibility index (Phi) is 3.59. The molecule has 18 heavy (non-hydrogen) atoms. The van der Waals surface area contributed by atoms with Gasteiger partial charge in [-0.15, -0.1) is 0 Å². The first-order valence-electron chi connectivity index (χ1n) is 5.49. The first-order valence-corrected chi connectivity index (χ1v) is 5.49. The molecule has 1 heterocycles. The van der Waals surface area contributed by atoms with Crippen LogP contribution in [0.25, 0.3) is 0 Å². The number of aromatic hydroxyl groups is 1. The summed E-state index contributed by atoms with van der Waals surface area (Å²) in [5, 5.41) is 11.7. The number of nitrogens with one attached hydrogen (secondary N) is 2. The average molecular weight is 246 g/mol. The molecule has 1 atom stereocenters. The van der Waals surface area contributed by atoms with Crippen LogP contribution in [-0.2, 0) is 11.2 Å². The number of phenolic OH excluding ortho intramolecular Hbond substituents is 1. The molecule has 1 unspecified atom stereocenters. The van der Waals surface area contributed by atoms with Crippen LogP contribution in [0.4, 0.5) is 5.95 Å². The number of carbonyl (C=O) groups excluding carboxylic acids is 1. The molecule has 1 aromatic carbocycles. The maximum atomic E-state index is 11.7. The summed E-state index contributed by atoms with van der Waals surface area (Å²) in [4.78, 5) is 18.4. The van der Waals surface area contributed by atoms with Crippen LogP contribution >= 0.6 is 0 Å². The van der Waals surface area contributed by atoms with E-state index in [4.69, 9.17) is 10.8 Å². The highest BCUT2D eigenvalue weighted by molar-refractivity contribution is 5.93. The van der Waals surface area contributed by atoms with Crippen molar-refractivity contribution < 1.29 is 9.90 Å². The Bertz CT molecular complexity index is 507. The van der Waals surface area contributed by atoms with Gasteiger partial charge in [-0.2, -0.15) is 0 Å². The van der Waals surface area contributed by atoms with Gasteiger partial charge in [0.15, 0.2) is 0 Å². The molecule has 0 radical (unpaired) electrons. The zero-order valence-corrected chi connectivity index (χ0v) is 9.63. The van der Waals surface area contributed by atoms with E-state index in [2.05, 4.69) is 15.3 Å². The van der Waals surface area contributed by atoms with Crippen LogP contribution in [0, 0.1) is 0 Å². The summed E-state index contributed by atoms with van der Waals surface area (Å²) in [6, 6.07) is 5.92. The lowest BCUT2D eigenvalue weighted by atomic mass is 10.1. The van der Waals surface area contributed by atoms with Crippen molar-refractivity contribution in [1.82, 2.24) is 9.97 Å². The van der Waals surface area contributed by atoms with E-state index in [-0.39, 0.29) is 11.7 Å². The molecule has 0 saturated carbocycles. The molecule has 6 heteroatoms. The van der Waals surface area contributed by atoms with Crippen molar-refractivity contribution in [2.75, 3.05) is 5.32 Å². The van der Waals surface area contributed by atoms with E-state index < -0.39 is 6.04 Å². The van der Waals surface area contributed by atoms with Gasteiger partial charge < -0.3 is 15.8 Å². The third kappa shape index (κ3) is 3.08. The van der Waals surface area contributed by atoms with E-state index in [1.807, 2.05) is 0 Å². The van der Waals surface area contributed by atoms with Gasteiger partial charge in [-0.05, 0) is 24.1 Å². The number of carbonyl (C=O) groups is 1. The van der Waals surface area contributed by atoms with E-state index in [9.17, 15) is 4.79 Å². The van der Waals surface area contributed by atoms with E-state index in [1.54, 1.807) is 36.7 Å². The maximum Gasteiger partial charge on any atom is 0.243 e. The molecule has 0 aliphatic carbocycles. The Morgan fingerprint density at radius 2 is 2.17 bits per heavy atom. The number of H-pyrrole nitrogens is 1. The molecule has 1 amide bonds. The number of benzene rings is 1. The number of nitrogens with zero attached hydrogens (tertiary/aromatic N) is 1. The van der Waals surface area contributed by atoms with Crippen molar-refractivity contribution >= 4 is 11.9 Å². The first kappa shape index (κ1) is 12.1. The number of hydrogen-bond donors (Lipinski definition) is 4. The lowest BCUT2D eigenvalue weighted by molar-refractivity contribution is -0.117. The lowest BCUT2D eigenvalue weighted by Gasteiger charge is -2.10. The van der Waals surface area contributed by atoms with Crippen LogP contribution in [0.1, 0.15) is 5.56 Å². The zero-order chi connectivity index (χ0) is 13.0. The van der Waals surface area contributed by atoms with Crippen LogP contribution in [0.2, 0.25) is 0 Å². The van der Waals surface area contributed by atoms with Gasteiger partial charge in [0, 0.05) is 12.4 Å². The van der Waals surface area contributed by atoms with Crippen LogP contribution in [0.3, 0.4) is 0 Å². The van der Waals surface area contributed by atoms with Gasteiger partial charge >= 0.3 is 0 Å². The normalized spacial score (nSPS) is 12.1. The van der Waals surface area contributed by atoms with E-state index >= 15 is 0 Å². The molecule has 0 spiro atoms. The van der Waals surface area contributed by atoms with Crippen LogP contribution < -0.4 is 11.1 Å². The summed E-state index contributed by atoms with van der Waals surface area (Å²) in [6.45, 7) is 0. The number of aromatic nitrogens is 2. The van der Waals surface area contributed by atoms with Crippen molar-refractivity contribution in [2.24, 2.45) is 5.73 Å². The Labute approximate surface area is 104 Å². The van der Waals surface area contributed by atoms with E-state index in [0.717, 1.165) is 5.56 Å². The minimum Gasteiger partial charge on any atom is -0.508 e. The largest absolute Gasteiger partial charge is 0.508 e. The molecule has 2 rings (SSSR count). The zero-order valence-electron chi connectivity index (χ0n) is 9.63. The molecular weight excluding hydrogens is 232 g/mol. The minimum absolute atomic E-state index is 0.187. The topological polar surface area (TPSA) is 104 Å². The van der Waals surface area contributed by atoms with Gasteiger partial charge in [0.05, 0.1) is 6.04 Å². The van der Waals surface area contributed by atoms with Gasteiger partial charge in [-0.3, -0.25) is 10.1 Å². The Hall–Kier alpha value is -2.34. The predicted octanol–water partition coefficient (Wildman–Crippen LogP) is 0.624. The molecule has 0 fully saturated rings. The fourth-order valence-electron chi connectivity index (χ4n) is 1.52. The molecule has 0 bridgehead atoms. The minimum atomic E-state index is -0.667. The molecule has 0 saturated heterocycles. The Morgan fingerprint density at radius 3 is 2.78 bits per heavy atom. The second-order valence-electron chi connectivity index (χ2n) is 3.90. The molecule has 2 aromatic rings. The first-order chi connectivity index (χ1) is 8.65. The SMILES string of the molecule is NC(Cc1ccc(O)cc1)C(=O)Nc1ncc[nH]1. The quantitative estimate of drug-likeness (QED) is 0.635. The highest BCUT2D eigenvalue weighted by Crippen LogP contribution is 2.11. The fourth-order valence-corrected chi connectivity index (χ4v) is 1.52. The predicted molar refractivity (Wildman–Crippen MR) is 67.0 cm³/mol. The number of hydrogen-bond acceptors (Lipinski definition) is 4. The van der Waals surface area contributed by atoms with Gasteiger partial charge in [-0.25, -0.2) is 4.98 Å². The second kappa shape index (κ2) is 5.33. The number of imidazole rings is 1. The number of amides is 1. The number of anilines is 1. The average Bonchev–Trinajstić information content (AvgIpc) is 2.85. The molecule has 6 nitrogen and oxygen atoms in total. The molecule has 5 N–H and O–H groups in total. The number of nitrogens with two attached hydrogens (primary N) is 1. The monoisotopic (exact) mass is 246 g/mol. The van der Waals surface area contributed by atoms with Crippen LogP contribution in [0.5, 0.6) is 5.75 Å². The molecule has 94 valence electrons. The van der Waals surface area contributed by atoms with Crippen molar-refractivity contribution in [1.29, 1.82) is 0 Å². The molecule has 0 aliphatic rings. The standard InChI is InChI=1S/C12H14N4O2/c13-10(7-8-1-3-9(17)4-2-8)11(18)16-12-14-5-6-15-12/h1-6,10,17H,7,13H2,(H2,14,15,16,18). The van der Waals surface area contributed by atoms with Gasteiger partial charge in [0.25, 0.3) is 0 Å². The number of rotatable bonds is 4. The van der Waals surface area contributed by atoms with Crippen molar-refractivity contribution in [3.63, 3.8) is 0 Å². The third-order valence-corrected chi connectivity index (χ3v) is 2.47. The highest BCUT2D eigenvalue weighted by Gasteiger charge is 2.14. The highest BCUT2D eigenvalue weighted by atomic mass is 16.3. The van der Waals surface area contributed by atoms with Gasteiger partial charge in [0.2, 0.25) is 11.9 Å². The number of phenols is 1. The summed E-state index contributed by atoms with van der Waals surface area (Å²) in [5.41, 5.74) is 6.67. The summed E-state index contributed by atoms with van der Waals surface area (Å²) < 4.78 is 0. The van der Waals surface area contributed by atoms with E-state index in [1.165, 1.54) is 0 Å². The van der Waals surface area contributed by atoms with Crippen LogP contribution in [0.15, 0.2) is 36.7 Å². The third-order valence-electron chi connectivity index (χ3n) is 2.47. The smallest absolute Gasteiger partial charge is 0.243 e. The van der Waals surface area contributed by atoms with Crippen LogP contribution in [-0.4, -0.2) is 27.0 Å². The Morgan fingerprint density at radius 1 is 1.44 bits per heavy atom. The summed E-state index contributed by atoms with van der Waals surface area (Å²) in [6.07, 6.45) is 3.55. The van der Waals surface area contributed by atoms with Crippen molar-refractivity contribution in [3.05, 3.63) is 42.2 Å². The summed E-state index contributed by atoms with van der Waals surface area (Å²) in [7, 11) is 0.